The summed E-state index contributed by atoms with van der Waals surface area (Å²) >= 11 is 0. The molecule has 0 unspecified atom stereocenters. The SMILES string of the molecule is O=C(O)Cc1ccc(-c2ccc(O)c(N3CC(=O)NS3(=O)=O)c2)cc1. The molecule has 25 heavy (non-hydrogen) atoms. The molecule has 1 fully saturated rings. The Morgan fingerprint density at radius 3 is 2.32 bits per heavy atom. The fourth-order valence-corrected chi connectivity index (χ4v) is 3.71. The molecule has 0 radical (unpaired) electrons. The molecule has 1 amide bonds. The highest BCUT2D eigenvalue weighted by molar-refractivity contribution is 7.92. The maximum Gasteiger partial charge on any atom is 0.326 e. The first kappa shape index (κ1) is 16.8. The van der Waals surface area contributed by atoms with E-state index in [1.54, 1.807) is 30.3 Å². The topological polar surface area (TPSA) is 124 Å². The Kier molecular flexibility index (Phi) is 4.09. The van der Waals surface area contributed by atoms with E-state index in [1.165, 1.54) is 12.1 Å². The lowest BCUT2D eigenvalue weighted by Gasteiger charge is -2.17. The van der Waals surface area contributed by atoms with Gasteiger partial charge in [0.1, 0.15) is 12.3 Å². The number of nitrogens with one attached hydrogen (secondary N) is 1. The van der Waals surface area contributed by atoms with Crippen LogP contribution < -0.4 is 9.03 Å². The van der Waals surface area contributed by atoms with Crippen LogP contribution in [0.4, 0.5) is 5.69 Å². The number of anilines is 1. The molecule has 1 aliphatic rings. The van der Waals surface area contributed by atoms with Crippen LogP contribution in [0.5, 0.6) is 5.75 Å². The minimum absolute atomic E-state index is 0.00883. The maximum atomic E-state index is 11.9. The zero-order chi connectivity index (χ0) is 18.2. The number of benzene rings is 2. The van der Waals surface area contributed by atoms with E-state index in [1.807, 2.05) is 4.72 Å². The van der Waals surface area contributed by atoms with Crippen molar-refractivity contribution < 1.29 is 28.2 Å². The van der Waals surface area contributed by atoms with Crippen molar-refractivity contribution in [1.29, 1.82) is 0 Å². The molecule has 3 N–H and O–H groups in total. The highest BCUT2D eigenvalue weighted by Crippen LogP contribution is 2.34. The number of hydrogen-bond acceptors (Lipinski definition) is 5. The molecular formula is C16H14N2O6S. The molecule has 1 heterocycles. The van der Waals surface area contributed by atoms with Crippen molar-refractivity contribution in [2.24, 2.45) is 0 Å². The molecule has 0 spiro atoms. The largest absolute Gasteiger partial charge is 0.506 e. The third kappa shape index (κ3) is 3.41. The van der Waals surface area contributed by atoms with Gasteiger partial charge >= 0.3 is 16.2 Å². The highest BCUT2D eigenvalue weighted by Gasteiger charge is 2.35. The van der Waals surface area contributed by atoms with Crippen LogP contribution in [-0.4, -0.2) is 37.1 Å². The van der Waals surface area contributed by atoms with Crippen LogP contribution in [0.15, 0.2) is 42.5 Å². The second kappa shape index (κ2) is 6.10. The summed E-state index contributed by atoms with van der Waals surface area (Å²) in [5.74, 6) is -1.88. The fourth-order valence-electron chi connectivity index (χ4n) is 2.55. The van der Waals surface area contributed by atoms with Gasteiger partial charge in [-0.1, -0.05) is 30.3 Å². The number of aliphatic carboxylic acids is 1. The Balaban J connectivity index is 1.97. The lowest BCUT2D eigenvalue weighted by molar-refractivity contribution is -0.136. The summed E-state index contributed by atoms with van der Waals surface area (Å²) in [6.07, 6.45) is -0.0963. The normalized spacial score (nSPS) is 15.8. The first-order chi connectivity index (χ1) is 11.8. The minimum Gasteiger partial charge on any atom is -0.506 e. The molecule has 2 aromatic carbocycles. The summed E-state index contributed by atoms with van der Waals surface area (Å²) in [6.45, 7) is -0.406. The molecule has 0 saturated carbocycles. The Labute approximate surface area is 143 Å². The smallest absolute Gasteiger partial charge is 0.326 e. The average Bonchev–Trinajstić information content (AvgIpc) is 2.80. The van der Waals surface area contributed by atoms with Crippen LogP contribution in [0.3, 0.4) is 0 Å². The zero-order valence-corrected chi connectivity index (χ0v) is 13.7. The molecule has 1 aliphatic heterocycles. The number of phenols is 1. The van der Waals surface area contributed by atoms with Gasteiger partial charge in [-0.15, -0.1) is 0 Å². The molecule has 1 saturated heterocycles. The lowest BCUT2D eigenvalue weighted by Crippen LogP contribution is -2.29. The van der Waals surface area contributed by atoms with Crippen LogP contribution in [0, 0.1) is 0 Å². The van der Waals surface area contributed by atoms with Crippen molar-refractivity contribution >= 4 is 27.8 Å². The van der Waals surface area contributed by atoms with E-state index in [0.717, 1.165) is 4.31 Å². The second-order valence-corrected chi connectivity index (χ2v) is 7.10. The number of carbonyl (C=O) groups excluding carboxylic acids is 1. The fraction of sp³-hybridized carbons (Fsp3) is 0.125. The molecule has 3 rings (SSSR count). The Morgan fingerprint density at radius 1 is 1.12 bits per heavy atom. The Morgan fingerprint density at radius 2 is 1.76 bits per heavy atom. The predicted octanol–water partition coefficient (Wildman–Crippen LogP) is 0.867. The van der Waals surface area contributed by atoms with E-state index < -0.39 is 28.6 Å². The van der Waals surface area contributed by atoms with Crippen molar-refractivity contribution in [3.8, 4) is 16.9 Å². The van der Waals surface area contributed by atoms with Gasteiger partial charge in [-0.2, -0.15) is 8.42 Å². The molecular weight excluding hydrogens is 348 g/mol. The summed E-state index contributed by atoms with van der Waals surface area (Å²) in [5.41, 5.74) is 1.95. The van der Waals surface area contributed by atoms with Crippen LogP contribution in [0.25, 0.3) is 11.1 Å². The molecule has 9 heteroatoms. The molecule has 0 aliphatic carbocycles. The molecule has 8 nitrogen and oxygen atoms in total. The van der Waals surface area contributed by atoms with Gasteiger partial charge in [0.2, 0.25) is 0 Å². The Hall–Kier alpha value is -3.07. The minimum atomic E-state index is -4.02. The van der Waals surface area contributed by atoms with Gasteiger partial charge in [0.25, 0.3) is 5.91 Å². The van der Waals surface area contributed by atoms with E-state index in [4.69, 9.17) is 5.11 Å². The van der Waals surface area contributed by atoms with Crippen LogP contribution in [0.2, 0.25) is 0 Å². The van der Waals surface area contributed by atoms with Gasteiger partial charge in [0.05, 0.1) is 12.1 Å². The van der Waals surface area contributed by atoms with Gasteiger partial charge in [-0.3, -0.25) is 9.59 Å². The van der Waals surface area contributed by atoms with Gasteiger partial charge < -0.3 is 10.2 Å². The summed E-state index contributed by atoms with van der Waals surface area (Å²) in [5, 5.41) is 18.8. The monoisotopic (exact) mass is 362 g/mol. The lowest BCUT2D eigenvalue weighted by atomic mass is 10.0. The number of carbonyl (C=O) groups is 2. The van der Waals surface area contributed by atoms with Gasteiger partial charge in [0.15, 0.2) is 0 Å². The number of nitrogens with zero attached hydrogens (tertiary/aromatic N) is 1. The first-order valence-corrected chi connectivity index (χ1v) is 8.68. The van der Waals surface area contributed by atoms with E-state index >= 15 is 0 Å². The first-order valence-electron chi connectivity index (χ1n) is 7.24. The average molecular weight is 362 g/mol. The number of carboxylic acid groups (broad SMARTS) is 1. The zero-order valence-electron chi connectivity index (χ0n) is 12.8. The summed E-state index contributed by atoms with van der Waals surface area (Å²) < 4.78 is 26.5. The second-order valence-electron chi connectivity index (χ2n) is 5.51. The van der Waals surface area contributed by atoms with Crippen LogP contribution >= 0.6 is 0 Å². The highest BCUT2D eigenvalue weighted by atomic mass is 32.2. The van der Waals surface area contributed by atoms with Crippen molar-refractivity contribution in [2.75, 3.05) is 10.8 Å². The molecule has 2 aromatic rings. The molecule has 130 valence electrons. The maximum absolute atomic E-state index is 11.9. The number of aromatic hydroxyl groups is 1. The number of hydrogen-bond donors (Lipinski definition) is 3. The van der Waals surface area contributed by atoms with E-state index in [2.05, 4.69) is 0 Å². The van der Waals surface area contributed by atoms with E-state index in [0.29, 0.717) is 16.7 Å². The van der Waals surface area contributed by atoms with Crippen molar-refractivity contribution in [3.05, 3.63) is 48.0 Å². The number of rotatable bonds is 4. The van der Waals surface area contributed by atoms with Crippen molar-refractivity contribution in [3.63, 3.8) is 0 Å². The quantitative estimate of drug-likeness (QED) is 0.741. The Bertz CT molecular complexity index is 953. The summed E-state index contributed by atoms with van der Waals surface area (Å²) in [6, 6.07) is 11.1. The number of amides is 1. The van der Waals surface area contributed by atoms with Gasteiger partial charge in [-0.25, -0.2) is 9.03 Å². The predicted molar refractivity (Wildman–Crippen MR) is 89.3 cm³/mol. The van der Waals surface area contributed by atoms with E-state index in [9.17, 15) is 23.1 Å². The molecule has 0 bridgehead atoms. The number of phenolic OH excluding ortho intramolecular Hbond substituents is 1. The van der Waals surface area contributed by atoms with Crippen molar-refractivity contribution in [2.45, 2.75) is 6.42 Å². The standard InChI is InChI=1S/C16H14N2O6S/c19-14-6-5-12(11-3-1-10(2-4-11)7-16(21)22)8-13(14)18-9-15(20)17-25(18,23)24/h1-6,8,19H,7,9H2,(H,17,20)(H,21,22). The van der Waals surface area contributed by atoms with E-state index in [-0.39, 0.29) is 17.9 Å². The molecule has 0 aromatic heterocycles. The van der Waals surface area contributed by atoms with Crippen LogP contribution in [0.1, 0.15) is 5.56 Å². The van der Waals surface area contributed by atoms with Gasteiger partial charge in [0, 0.05) is 0 Å². The third-order valence-corrected chi connectivity index (χ3v) is 5.10. The third-order valence-electron chi connectivity index (χ3n) is 3.71. The van der Waals surface area contributed by atoms with Crippen LogP contribution in [-0.2, 0) is 26.2 Å². The summed E-state index contributed by atoms with van der Waals surface area (Å²) in [4.78, 5) is 22.1. The number of carboxylic acids is 1. The molecule has 0 atom stereocenters. The van der Waals surface area contributed by atoms with Gasteiger partial charge in [-0.05, 0) is 28.8 Å². The van der Waals surface area contributed by atoms with Crippen molar-refractivity contribution in [1.82, 2.24) is 4.72 Å². The summed E-state index contributed by atoms with van der Waals surface area (Å²) in [7, 11) is -4.02.